The third-order valence-corrected chi connectivity index (χ3v) is 4.52. The van der Waals surface area contributed by atoms with E-state index >= 15 is 0 Å². The lowest BCUT2D eigenvalue weighted by molar-refractivity contribution is 0.102. The minimum Gasteiger partial charge on any atom is -0.506 e. The largest absolute Gasteiger partial charge is 0.506 e. The van der Waals surface area contributed by atoms with Gasteiger partial charge >= 0.3 is 0 Å². The molecule has 1 amide bonds. The van der Waals surface area contributed by atoms with E-state index in [-0.39, 0.29) is 16.2 Å². The average Bonchev–Trinajstić information content (AvgIpc) is 2.55. The number of anilines is 1. The molecule has 0 fully saturated rings. The van der Waals surface area contributed by atoms with Gasteiger partial charge in [-0.25, -0.2) is 13.6 Å². The molecule has 0 spiro atoms. The molecule has 0 saturated carbocycles. The van der Waals surface area contributed by atoms with Crippen molar-refractivity contribution in [3.63, 3.8) is 0 Å². The number of hydrogen-bond donors (Lipinski definition) is 3. The first-order chi connectivity index (χ1) is 11.4. The van der Waals surface area contributed by atoms with Crippen LogP contribution in [0, 0.1) is 0 Å². The van der Waals surface area contributed by atoms with Crippen molar-refractivity contribution in [3.05, 3.63) is 66.2 Å². The zero-order chi connectivity index (χ0) is 17.3. The van der Waals surface area contributed by atoms with Crippen molar-refractivity contribution in [2.24, 2.45) is 5.14 Å². The summed E-state index contributed by atoms with van der Waals surface area (Å²) in [5.74, 6) is -0.603. The smallest absolute Gasteiger partial charge is 0.259 e. The molecule has 3 rings (SSSR count). The molecule has 0 atom stereocenters. The van der Waals surface area contributed by atoms with Gasteiger partial charge in [0.25, 0.3) is 5.91 Å². The maximum absolute atomic E-state index is 12.3. The lowest BCUT2D eigenvalue weighted by Crippen LogP contribution is -2.14. The zero-order valence-corrected chi connectivity index (χ0v) is 13.2. The van der Waals surface area contributed by atoms with Gasteiger partial charge < -0.3 is 10.4 Å². The SMILES string of the molecule is NS(=O)(=O)c1ccc(NC(=O)c2ccc3ccccc3c2O)cc1. The molecular weight excluding hydrogens is 328 g/mol. The number of benzene rings is 3. The van der Waals surface area contributed by atoms with Gasteiger partial charge in [0.05, 0.1) is 10.5 Å². The molecule has 0 aliphatic carbocycles. The fourth-order valence-corrected chi connectivity index (χ4v) is 2.88. The Morgan fingerprint density at radius 1 is 0.958 bits per heavy atom. The summed E-state index contributed by atoms with van der Waals surface area (Å²) in [5.41, 5.74) is 0.518. The standard InChI is InChI=1S/C17H14N2O4S/c18-24(22,23)13-8-6-12(7-9-13)19-17(21)15-10-5-11-3-1-2-4-14(11)16(15)20/h1-10,20H,(H,19,21)(H2,18,22,23). The predicted molar refractivity (Wildman–Crippen MR) is 91.4 cm³/mol. The van der Waals surface area contributed by atoms with Crippen LogP contribution in [0.25, 0.3) is 10.8 Å². The summed E-state index contributed by atoms with van der Waals surface area (Å²) in [6, 6.07) is 15.9. The number of rotatable bonds is 3. The lowest BCUT2D eigenvalue weighted by Gasteiger charge is -2.09. The molecule has 0 unspecified atom stereocenters. The topological polar surface area (TPSA) is 109 Å². The number of sulfonamides is 1. The quantitative estimate of drug-likeness (QED) is 0.679. The van der Waals surface area contributed by atoms with Crippen LogP contribution in [0.4, 0.5) is 5.69 Å². The number of amides is 1. The predicted octanol–water partition coefficient (Wildman–Crippen LogP) is 2.45. The van der Waals surface area contributed by atoms with Gasteiger partial charge in [0.15, 0.2) is 0 Å². The van der Waals surface area contributed by atoms with E-state index in [0.717, 1.165) is 5.39 Å². The van der Waals surface area contributed by atoms with Crippen LogP contribution < -0.4 is 10.5 Å². The Balaban J connectivity index is 1.89. The molecule has 0 aromatic heterocycles. The second kappa shape index (κ2) is 5.95. The van der Waals surface area contributed by atoms with E-state index in [1.807, 2.05) is 12.1 Å². The molecule has 7 heteroatoms. The molecule has 0 saturated heterocycles. The van der Waals surface area contributed by atoms with Crippen LogP contribution >= 0.6 is 0 Å². The van der Waals surface area contributed by atoms with E-state index in [0.29, 0.717) is 11.1 Å². The van der Waals surface area contributed by atoms with Crippen LogP contribution in [0.2, 0.25) is 0 Å². The van der Waals surface area contributed by atoms with E-state index in [1.165, 1.54) is 30.3 Å². The maximum atomic E-state index is 12.3. The third kappa shape index (κ3) is 3.08. The van der Waals surface area contributed by atoms with Gasteiger partial charge in [-0.3, -0.25) is 4.79 Å². The number of phenols is 1. The van der Waals surface area contributed by atoms with Crippen molar-refractivity contribution in [2.75, 3.05) is 5.32 Å². The van der Waals surface area contributed by atoms with Gasteiger partial charge in [-0.05, 0) is 35.7 Å². The Morgan fingerprint density at radius 2 is 1.62 bits per heavy atom. The third-order valence-electron chi connectivity index (χ3n) is 3.59. The Morgan fingerprint density at radius 3 is 2.29 bits per heavy atom. The Kier molecular flexibility index (Phi) is 3.96. The summed E-state index contributed by atoms with van der Waals surface area (Å²) in [6.07, 6.45) is 0. The number of primary sulfonamides is 1. The van der Waals surface area contributed by atoms with Crippen molar-refractivity contribution >= 4 is 32.4 Å². The van der Waals surface area contributed by atoms with Gasteiger partial charge in [-0.1, -0.05) is 30.3 Å². The number of nitrogens with two attached hydrogens (primary N) is 1. The summed E-state index contributed by atoms with van der Waals surface area (Å²) in [4.78, 5) is 12.3. The molecular formula is C17H14N2O4S. The molecule has 0 aliphatic heterocycles. The molecule has 24 heavy (non-hydrogen) atoms. The molecule has 0 aliphatic rings. The van der Waals surface area contributed by atoms with Crippen LogP contribution in [-0.2, 0) is 10.0 Å². The van der Waals surface area contributed by atoms with E-state index in [2.05, 4.69) is 5.32 Å². The maximum Gasteiger partial charge on any atom is 0.259 e. The first-order valence-corrected chi connectivity index (χ1v) is 8.56. The van der Waals surface area contributed by atoms with Crippen LogP contribution in [0.3, 0.4) is 0 Å². The summed E-state index contributed by atoms with van der Waals surface area (Å²) < 4.78 is 22.4. The highest BCUT2D eigenvalue weighted by atomic mass is 32.2. The molecule has 4 N–H and O–H groups in total. The summed E-state index contributed by atoms with van der Waals surface area (Å²) >= 11 is 0. The van der Waals surface area contributed by atoms with Gasteiger partial charge in [0.2, 0.25) is 10.0 Å². The fourth-order valence-electron chi connectivity index (χ4n) is 2.36. The highest BCUT2D eigenvalue weighted by Crippen LogP contribution is 2.29. The van der Waals surface area contributed by atoms with Crippen LogP contribution in [0.1, 0.15) is 10.4 Å². The Bertz CT molecular complexity index is 1030. The van der Waals surface area contributed by atoms with Crippen molar-refractivity contribution in [1.29, 1.82) is 0 Å². The number of fused-ring (bicyclic) bond motifs is 1. The van der Waals surface area contributed by atoms with E-state index in [9.17, 15) is 18.3 Å². The normalized spacial score (nSPS) is 11.4. The molecule has 3 aromatic carbocycles. The van der Waals surface area contributed by atoms with Gasteiger partial charge in [-0.15, -0.1) is 0 Å². The second-order valence-electron chi connectivity index (χ2n) is 5.21. The molecule has 0 radical (unpaired) electrons. The first kappa shape index (κ1) is 16.0. The van der Waals surface area contributed by atoms with E-state index in [1.54, 1.807) is 18.2 Å². The number of nitrogens with one attached hydrogen (secondary N) is 1. The minimum atomic E-state index is -3.78. The summed E-state index contributed by atoms with van der Waals surface area (Å²) in [5, 5.41) is 19.3. The van der Waals surface area contributed by atoms with Crippen molar-refractivity contribution in [3.8, 4) is 5.75 Å². The summed E-state index contributed by atoms with van der Waals surface area (Å²) in [6.45, 7) is 0. The van der Waals surface area contributed by atoms with Gasteiger partial charge in [0.1, 0.15) is 5.75 Å². The van der Waals surface area contributed by atoms with Gasteiger partial charge in [-0.2, -0.15) is 0 Å². The molecule has 6 nitrogen and oxygen atoms in total. The summed E-state index contributed by atoms with van der Waals surface area (Å²) in [7, 11) is -3.78. The molecule has 3 aromatic rings. The zero-order valence-electron chi connectivity index (χ0n) is 12.4. The monoisotopic (exact) mass is 342 g/mol. The molecule has 0 bridgehead atoms. The number of carbonyl (C=O) groups excluding carboxylic acids is 1. The number of phenolic OH excluding ortho intramolecular Hbond substituents is 1. The highest BCUT2D eigenvalue weighted by molar-refractivity contribution is 7.89. The van der Waals surface area contributed by atoms with E-state index < -0.39 is 15.9 Å². The van der Waals surface area contributed by atoms with Crippen LogP contribution in [-0.4, -0.2) is 19.4 Å². The Labute approximate surface area is 138 Å². The molecule has 122 valence electrons. The Hall–Kier alpha value is -2.90. The first-order valence-electron chi connectivity index (χ1n) is 7.01. The second-order valence-corrected chi connectivity index (χ2v) is 6.77. The average molecular weight is 342 g/mol. The lowest BCUT2D eigenvalue weighted by atomic mass is 10.0. The number of carbonyl (C=O) groups is 1. The van der Waals surface area contributed by atoms with Crippen LogP contribution in [0.15, 0.2) is 65.6 Å². The molecule has 0 heterocycles. The van der Waals surface area contributed by atoms with E-state index in [4.69, 9.17) is 5.14 Å². The minimum absolute atomic E-state index is 0.0472. The highest BCUT2D eigenvalue weighted by Gasteiger charge is 2.14. The van der Waals surface area contributed by atoms with Crippen molar-refractivity contribution in [2.45, 2.75) is 4.90 Å². The number of hydrogen-bond acceptors (Lipinski definition) is 4. The number of aromatic hydroxyl groups is 1. The fraction of sp³-hybridized carbons (Fsp3) is 0. The van der Waals surface area contributed by atoms with Gasteiger partial charge in [0, 0.05) is 11.1 Å². The van der Waals surface area contributed by atoms with Crippen LogP contribution in [0.5, 0.6) is 5.75 Å². The van der Waals surface area contributed by atoms with Crippen molar-refractivity contribution in [1.82, 2.24) is 0 Å². The van der Waals surface area contributed by atoms with Crippen molar-refractivity contribution < 1.29 is 18.3 Å².